The highest BCUT2D eigenvalue weighted by molar-refractivity contribution is 9.10. The third-order valence-electron chi connectivity index (χ3n) is 1.78. The molecule has 0 radical (unpaired) electrons. The minimum Gasteiger partial charge on any atom is -0.468 e. The maximum Gasteiger partial charge on any atom is 0.327 e. The summed E-state index contributed by atoms with van der Waals surface area (Å²) in [5.41, 5.74) is 0.298. The van der Waals surface area contributed by atoms with E-state index in [-0.39, 0.29) is 0 Å². The lowest BCUT2D eigenvalue weighted by Crippen LogP contribution is -2.25. The molecule has 0 amide bonds. The maximum atomic E-state index is 11.7. The molecule has 1 atom stereocenters. The number of rotatable bonds is 3. The summed E-state index contributed by atoms with van der Waals surface area (Å²) in [6.07, 6.45) is 0. The predicted octanol–water partition coefficient (Wildman–Crippen LogP) is 2.46. The van der Waals surface area contributed by atoms with Crippen molar-refractivity contribution in [3.63, 3.8) is 0 Å². The van der Waals surface area contributed by atoms with Crippen molar-refractivity contribution in [2.45, 2.75) is 4.83 Å². The zero-order chi connectivity index (χ0) is 11.4. The van der Waals surface area contributed by atoms with E-state index in [0.29, 0.717) is 10.6 Å². The number of ketones is 1. The number of halogens is 2. The molecule has 0 aliphatic carbocycles. The summed E-state index contributed by atoms with van der Waals surface area (Å²) in [5, 5.41) is 0.316. The van der Waals surface area contributed by atoms with Gasteiger partial charge in [-0.3, -0.25) is 9.59 Å². The minimum atomic E-state index is -1.01. The Bertz CT molecular complexity index is 392. The van der Waals surface area contributed by atoms with Crippen LogP contribution in [0, 0.1) is 0 Å². The number of Topliss-reactive ketones (excluding diaryl/α,β-unsaturated/α-hetero) is 1. The van der Waals surface area contributed by atoms with Crippen LogP contribution in [0.4, 0.5) is 0 Å². The Balaban J connectivity index is 2.95. The minimum absolute atomic E-state index is 0.298. The molecule has 3 nitrogen and oxygen atoms in total. The first-order valence-electron chi connectivity index (χ1n) is 4.08. The number of esters is 1. The van der Waals surface area contributed by atoms with Crippen LogP contribution in [0.2, 0.25) is 5.02 Å². The first-order valence-corrected chi connectivity index (χ1v) is 5.38. The van der Waals surface area contributed by atoms with Crippen LogP contribution >= 0.6 is 27.5 Å². The number of ether oxygens (including phenoxy) is 1. The normalized spacial score (nSPS) is 11.9. The van der Waals surface area contributed by atoms with Crippen LogP contribution in [0.15, 0.2) is 24.3 Å². The second kappa shape index (κ2) is 5.28. The monoisotopic (exact) mass is 290 g/mol. The average Bonchev–Trinajstić information content (AvgIpc) is 2.26. The number of carbonyl (C=O) groups excluding carboxylic acids is 2. The summed E-state index contributed by atoms with van der Waals surface area (Å²) in [6.45, 7) is 0. The molecule has 5 heteroatoms. The molecular weight excluding hydrogens is 283 g/mol. The van der Waals surface area contributed by atoms with Gasteiger partial charge in [-0.15, -0.1) is 0 Å². The van der Waals surface area contributed by atoms with Gasteiger partial charge >= 0.3 is 5.97 Å². The van der Waals surface area contributed by atoms with Crippen LogP contribution in [0.1, 0.15) is 10.4 Å². The lowest BCUT2D eigenvalue weighted by atomic mass is 10.1. The lowest BCUT2D eigenvalue weighted by Gasteiger charge is -2.07. The second-order valence-electron chi connectivity index (χ2n) is 2.73. The van der Waals surface area contributed by atoms with Crippen LogP contribution in [0.3, 0.4) is 0 Å². The molecule has 0 fully saturated rings. The van der Waals surface area contributed by atoms with Crippen molar-refractivity contribution in [2.24, 2.45) is 0 Å². The van der Waals surface area contributed by atoms with Gasteiger partial charge in [0.15, 0.2) is 10.6 Å². The molecule has 0 aromatic heterocycles. The van der Waals surface area contributed by atoms with Crippen LogP contribution in [-0.2, 0) is 9.53 Å². The fourth-order valence-corrected chi connectivity index (χ4v) is 1.67. The molecule has 0 N–H and O–H groups in total. The first-order chi connectivity index (χ1) is 7.07. The van der Waals surface area contributed by atoms with Crippen molar-refractivity contribution in [1.82, 2.24) is 0 Å². The van der Waals surface area contributed by atoms with E-state index in [1.165, 1.54) is 7.11 Å². The van der Waals surface area contributed by atoms with Crippen molar-refractivity contribution < 1.29 is 14.3 Å². The van der Waals surface area contributed by atoms with Gasteiger partial charge in [0.05, 0.1) is 12.1 Å². The summed E-state index contributed by atoms with van der Waals surface area (Å²) in [5.74, 6) is -1.05. The van der Waals surface area contributed by atoms with E-state index >= 15 is 0 Å². The Morgan fingerprint density at radius 2 is 2.00 bits per heavy atom. The molecule has 80 valence electrons. The Morgan fingerprint density at radius 1 is 1.40 bits per heavy atom. The first kappa shape index (κ1) is 12.2. The molecule has 0 aliphatic heterocycles. The van der Waals surface area contributed by atoms with Gasteiger partial charge in [-0.2, -0.15) is 0 Å². The largest absolute Gasteiger partial charge is 0.468 e. The van der Waals surface area contributed by atoms with Crippen molar-refractivity contribution in [1.29, 1.82) is 0 Å². The van der Waals surface area contributed by atoms with Gasteiger partial charge in [0.25, 0.3) is 0 Å². The molecule has 0 aliphatic rings. The molecule has 0 spiro atoms. The van der Waals surface area contributed by atoms with Gasteiger partial charge in [-0.1, -0.05) is 39.7 Å². The number of carbonyl (C=O) groups is 2. The Morgan fingerprint density at radius 3 is 2.53 bits per heavy atom. The third-order valence-corrected chi connectivity index (χ3v) is 2.90. The van der Waals surface area contributed by atoms with Crippen LogP contribution in [0.5, 0.6) is 0 Å². The number of hydrogen-bond acceptors (Lipinski definition) is 3. The lowest BCUT2D eigenvalue weighted by molar-refractivity contribution is -0.138. The van der Waals surface area contributed by atoms with E-state index in [0.717, 1.165) is 0 Å². The van der Waals surface area contributed by atoms with Crippen LogP contribution in [-0.4, -0.2) is 23.7 Å². The molecule has 0 saturated heterocycles. The van der Waals surface area contributed by atoms with E-state index in [4.69, 9.17) is 11.6 Å². The zero-order valence-electron chi connectivity index (χ0n) is 7.87. The predicted molar refractivity (Wildman–Crippen MR) is 60.5 cm³/mol. The number of alkyl halides is 1. The number of methoxy groups -OCH3 is 1. The average molecular weight is 292 g/mol. The summed E-state index contributed by atoms with van der Waals surface area (Å²) < 4.78 is 4.44. The van der Waals surface area contributed by atoms with E-state index < -0.39 is 16.6 Å². The highest BCUT2D eigenvalue weighted by atomic mass is 79.9. The third kappa shape index (κ3) is 2.79. The number of hydrogen-bond donors (Lipinski definition) is 0. The Labute approximate surface area is 100 Å². The van der Waals surface area contributed by atoms with E-state index in [9.17, 15) is 9.59 Å². The van der Waals surface area contributed by atoms with Gasteiger partial charge in [0.2, 0.25) is 0 Å². The maximum absolute atomic E-state index is 11.7. The summed E-state index contributed by atoms with van der Waals surface area (Å²) in [7, 11) is 1.22. The molecule has 15 heavy (non-hydrogen) atoms. The van der Waals surface area contributed by atoms with Crippen molar-refractivity contribution >= 4 is 39.3 Å². The highest BCUT2D eigenvalue weighted by Gasteiger charge is 2.26. The Hall–Kier alpha value is -0.870. The quantitative estimate of drug-likeness (QED) is 0.372. The van der Waals surface area contributed by atoms with E-state index in [1.807, 2.05) is 0 Å². The molecule has 1 aromatic carbocycles. The fraction of sp³-hybridized carbons (Fsp3) is 0.200. The molecule has 1 rings (SSSR count). The topological polar surface area (TPSA) is 43.4 Å². The summed E-state index contributed by atoms with van der Waals surface area (Å²) >= 11 is 8.77. The molecular formula is C10H8BrClO3. The van der Waals surface area contributed by atoms with E-state index in [2.05, 4.69) is 20.7 Å². The van der Waals surface area contributed by atoms with Crippen molar-refractivity contribution in [3.8, 4) is 0 Å². The molecule has 0 bridgehead atoms. The fourth-order valence-electron chi connectivity index (χ4n) is 1.01. The van der Waals surface area contributed by atoms with Crippen LogP contribution < -0.4 is 0 Å². The van der Waals surface area contributed by atoms with Gasteiger partial charge < -0.3 is 4.74 Å². The van der Waals surface area contributed by atoms with Gasteiger partial charge in [0, 0.05) is 5.56 Å². The Kier molecular flexibility index (Phi) is 4.29. The molecule has 0 heterocycles. The van der Waals surface area contributed by atoms with Gasteiger partial charge in [0.1, 0.15) is 0 Å². The van der Waals surface area contributed by atoms with Gasteiger partial charge in [-0.05, 0) is 12.1 Å². The van der Waals surface area contributed by atoms with Crippen LogP contribution in [0.25, 0.3) is 0 Å². The van der Waals surface area contributed by atoms with Gasteiger partial charge in [-0.25, -0.2) is 0 Å². The summed E-state index contributed by atoms with van der Waals surface area (Å²) in [4.78, 5) is 21.8. The SMILES string of the molecule is COC(=O)C(Br)C(=O)c1ccccc1Cl. The molecule has 1 aromatic rings. The highest BCUT2D eigenvalue weighted by Crippen LogP contribution is 2.19. The zero-order valence-corrected chi connectivity index (χ0v) is 10.2. The standard InChI is InChI=1S/C10H8BrClO3/c1-15-10(14)8(11)9(13)6-4-2-3-5-7(6)12/h2-5,8H,1H3. The molecule has 0 saturated carbocycles. The summed E-state index contributed by atoms with van der Waals surface area (Å²) in [6, 6.07) is 6.53. The second-order valence-corrected chi connectivity index (χ2v) is 4.05. The van der Waals surface area contributed by atoms with Crippen molar-refractivity contribution in [3.05, 3.63) is 34.9 Å². The van der Waals surface area contributed by atoms with E-state index in [1.54, 1.807) is 24.3 Å². The smallest absolute Gasteiger partial charge is 0.327 e. The molecule has 1 unspecified atom stereocenters. The number of benzene rings is 1. The van der Waals surface area contributed by atoms with Crippen molar-refractivity contribution in [2.75, 3.05) is 7.11 Å².